The van der Waals surface area contributed by atoms with E-state index >= 15 is 0 Å². The van der Waals surface area contributed by atoms with E-state index in [-0.39, 0.29) is 5.91 Å². The Labute approximate surface area is 217 Å². The molecule has 2 aromatic carbocycles. The number of rotatable bonds is 11. The van der Waals surface area contributed by atoms with Crippen LogP contribution < -0.4 is 4.74 Å². The van der Waals surface area contributed by atoms with Crippen molar-refractivity contribution in [1.29, 1.82) is 0 Å². The second-order valence-corrected chi connectivity index (χ2v) is 10.2. The minimum atomic E-state index is -0.0161. The third kappa shape index (κ3) is 6.21. The molecule has 1 aliphatic heterocycles. The summed E-state index contributed by atoms with van der Waals surface area (Å²) in [7, 11) is 1.65. The SMILES string of the molecule is CCCCCCCCN1C(=O)/C(=C/c2cn(-c3ccccc3)nc2-c2cccc(OC)c2)SC1=S. The number of hydrogen-bond donors (Lipinski definition) is 0. The summed E-state index contributed by atoms with van der Waals surface area (Å²) < 4.78 is 7.90. The summed E-state index contributed by atoms with van der Waals surface area (Å²) in [6.07, 6.45) is 11.0. The van der Waals surface area contributed by atoms with Gasteiger partial charge in [-0.2, -0.15) is 5.10 Å². The van der Waals surface area contributed by atoms with E-state index in [1.165, 1.54) is 37.4 Å². The van der Waals surface area contributed by atoms with Crippen LogP contribution in [-0.4, -0.2) is 38.6 Å². The quantitative estimate of drug-likeness (QED) is 0.158. The first kappa shape index (κ1) is 25.2. The molecule has 0 radical (unpaired) electrons. The summed E-state index contributed by atoms with van der Waals surface area (Å²) in [5, 5.41) is 4.87. The lowest BCUT2D eigenvalue weighted by molar-refractivity contribution is -0.122. The van der Waals surface area contributed by atoms with Crippen molar-refractivity contribution in [2.75, 3.05) is 13.7 Å². The summed E-state index contributed by atoms with van der Waals surface area (Å²) in [4.78, 5) is 15.6. The zero-order chi connectivity index (χ0) is 24.6. The van der Waals surface area contributed by atoms with Gasteiger partial charge in [0.2, 0.25) is 0 Å². The largest absolute Gasteiger partial charge is 0.497 e. The van der Waals surface area contributed by atoms with Crippen LogP contribution in [0.25, 0.3) is 23.0 Å². The number of carbonyl (C=O) groups is 1. The second-order valence-electron chi connectivity index (χ2n) is 8.55. The summed E-state index contributed by atoms with van der Waals surface area (Å²) in [6, 6.07) is 17.8. The van der Waals surface area contributed by atoms with Crippen LogP contribution in [0.3, 0.4) is 0 Å². The highest BCUT2D eigenvalue weighted by atomic mass is 32.2. The van der Waals surface area contributed by atoms with Gasteiger partial charge in [0.1, 0.15) is 15.8 Å². The number of hydrogen-bond acceptors (Lipinski definition) is 5. The molecular weight excluding hydrogens is 474 g/mol. The number of thiocarbonyl (C=S) groups is 1. The van der Waals surface area contributed by atoms with E-state index in [1.54, 1.807) is 12.0 Å². The molecule has 0 atom stereocenters. The molecule has 0 saturated carbocycles. The molecule has 0 bridgehead atoms. The Hall–Kier alpha value is -2.90. The number of amides is 1. The number of aromatic nitrogens is 2. The number of nitrogens with zero attached hydrogens (tertiary/aromatic N) is 3. The lowest BCUT2D eigenvalue weighted by Gasteiger charge is -2.13. The first-order valence-electron chi connectivity index (χ1n) is 12.2. The predicted molar refractivity (Wildman–Crippen MR) is 149 cm³/mol. The lowest BCUT2D eigenvalue weighted by Crippen LogP contribution is -2.29. The van der Waals surface area contributed by atoms with Crippen molar-refractivity contribution in [1.82, 2.24) is 14.7 Å². The maximum absolute atomic E-state index is 13.2. The maximum atomic E-state index is 13.2. The Morgan fingerprint density at radius 2 is 1.80 bits per heavy atom. The van der Waals surface area contributed by atoms with E-state index in [1.807, 2.05) is 71.6 Å². The molecule has 5 nitrogen and oxygen atoms in total. The topological polar surface area (TPSA) is 47.4 Å². The molecule has 4 rings (SSSR count). The van der Waals surface area contributed by atoms with Gasteiger partial charge in [0.05, 0.1) is 17.7 Å². The van der Waals surface area contributed by atoms with Crippen molar-refractivity contribution in [2.45, 2.75) is 45.4 Å². The predicted octanol–water partition coefficient (Wildman–Crippen LogP) is 7.11. The van der Waals surface area contributed by atoms with Gasteiger partial charge in [-0.3, -0.25) is 9.69 Å². The fourth-order valence-electron chi connectivity index (χ4n) is 4.08. The van der Waals surface area contributed by atoms with Crippen LogP contribution in [0.4, 0.5) is 0 Å². The summed E-state index contributed by atoms with van der Waals surface area (Å²) in [6.45, 7) is 2.90. The number of para-hydroxylation sites is 1. The Bertz CT molecular complexity index is 1200. The highest BCUT2D eigenvalue weighted by Gasteiger charge is 2.32. The monoisotopic (exact) mass is 505 g/mol. The smallest absolute Gasteiger partial charge is 0.266 e. The molecule has 1 amide bonds. The van der Waals surface area contributed by atoms with Crippen LogP contribution in [-0.2, 0) is 4.79 Å². The maximum Gasteiger partial charge on any atom is 0.266 e. The molecule has 2 heterocycles. The van der Waals surface area contributed by atoms with Gasteiger partial charge in [0.15, 0.2) is 0 Å². The molecule has 1 aliphatic rings. The van der Waals surface area contributed by atoms with E-state index in [0.29, 0.717) is 15.8 Å². The fourth-order valence-corrected chi connectivity index (χ4v) is 5.38. The van der Waals surface area contributed by atoms with Gasteiger partial charge in [-0.15, -0.1) is 0 Å². The number of benzene rings is 2. The van der Waals surface area contributed by atoms with Gasteiger partial charge in [-0.05, 0) is 36.8 Å². The Morgan fingerprint density at radius 3 is 2.57 bits per heavy atom. The van der Waals surface area contributed by atoms with Gasteiger partial charge < -0.3 is 4.74 Å². The molecule has 1 saturated heterocycles. The standard InChI is InChI=1S/C28H31N3O2S2/c1-3-4-5-6-7-11-17-30-27(32)25(35-28(30)34)19-22-20-31(23-14-9-8-10-15-23)29-26(22)21-13-12-16-24(18-21)33-2/h8-10,12-16,18-20H,3-7,11,17H2,1-2H3/b25-19-. The molecule has 35 heavy (non-hydrogen) atoms. The normalized spacial score (nSPS) is 14.8. The fraction of sp³-hybridized carbons (Fsp3) is 0.321. The van der Waals surface area contributed by atoms with Crippen molar-refractivity contribution in [3.8, 4) is 22.7 Å². The highest BCUT2D eigenvalue weighted by molar-refractivity contribution is 8.26. The first-order valence-corrected chi connectivity index (χ1v) is 13.4. The van der Waals surface area contributed by atoms with Crippen LogP contribution >= 0.6 is 24.0 Å². The highest BCUT2D eigenvalue weighted by Crippen LogP contribution is 2.35. The summed E-state index contributed by atoms with van der Waals surface area (Å²) in [5.74, 6) is 0.741. The third-order valence-electron chi connectivity index (χ3n) is 6.00. The molecule has 1 aromatic heterocycles. The van der Waals surface area contributed by atoms with Crippen LogP contribution in [0.1, 0.15) is 51.0 Å². The van der Waals surface area contributed by atoms with Gasteiger partial charge in [-0.25, -0.2) is 4.68 Å². The van der Waals surface area contributed by atoms with Gasteiger partial charge in [0.25, 0.3) is 5.91 Å². The number of unbranched alkanes of at least 4 members (excludes halogenated alkanes) is 5. The van der Waals surface area contributed by atoms with Crippen LogP contribution in [0, 0.1) is 0 Å². The molecule has 1 fully saturated rings. The third-order valence-corrected chi connectivity index (χ3v) is 7.38. The van der Waals surface area contributed by atoms with Crippen molar-refractivity contribution < 1.29 is 9.53 Å². The molecule has 0 aliphatic carbocycles. The molecule has 3 aromatic rings. The van der Waals surface area contributed by atoms with Gasteiger partial charge >= 0.3 is 0 Å². The van der Waals surface area contributed by atoms with E-state index in [2.05, 4.69) is 6.92 Å². The lowest BCUT2D eigenvalue weighted by atomic mass is 10.1. The number of thioether (sulfide) groups is 1. The minimum absolute atomic E-state index is 0.0161. The van der Waals surface area contributed by atoms with Crippen LogP contribution in [0.5, 0.6) is 5.75 Å². The van der Waals surface area contributed by atoms with Crippen molar-refractivity contribution >= 4 is 40.3 Å². The average Bonchev–Trinajstić information content (AvgIpc) is 3.43. The van der Waals surface area contributed by atoms with Crippen LogP contribution in [0.15, 0.2) is 65.7 Å². The van der Waals surface area contributed by atoms with Crippen LogP contribution in [0.2, 0.25) is 0 Å². The van der Waals surface area contributed by atoms with E-state index < -0.39 is 0 Å². The molecule has 7 heteroatoms. The Kier molecular flexibility index (Phi) is 8.77. The molecule has 0 spiro atoms. The van der Waals surface area contributed by atoms with E-state index in [9.17, 15) is 4.79 Å². The number of carbonyl (C=O) groups excluding carboxylic acids is 1. The number of ether oxygens (including phenoxy) is 1. The average molecular weight is 506 g/mol. The van der Waals surface area contributed by atoms with Crippen molar-refractivity contribution in [3.63, 3.8) is 0 Å². The Balaban J connectivity index is 1.59. The van der Waals surface area contributed by atoms with Gasteiger partial charge in [-0.1, -0.05) is 93.3 Å². The van der Waals surface area contributed by atoms with E-state index in [0.717, 1.165) is 41.1 Å². The molecule has 0 unspecified atom stereocenters. The second kappa shape index (κ2) is 12.2. The zero-order valence-corrected chi connectivity index (χ0v) is 21.9. The Morgan fingerprint density at radius 1 is 1.03 bits per heavy atom. The van der Waals surface area contributed by atoms with Crippen molar-refractivity contribution in [2.24, 2.45) is 0 Å². The molecule has 182 valence electrons. The van der Waals surface area contributed by atoms with Crippen molar-refractivity contribution in [3.05, 3.63) is 71.3 Å². The summed E-state index contributed by atoms with van der Waals surface area (Å²) >= 11 is 6.93. The first-order chi connectivity index (χ1) is 17.1. The molecular formula is C28H31N3O2S2. The van der Waals surface area contributed by atoms with Gasteiger partial charge in [0, 0.05) is 23.9 Å². The summed E-state index contributed by atoms with van der Waals surface area (Å²) in [5.41, 5.74) is 3.52. The molecule has 0 N–H and O–H groups in total. The number of methoxy groups -OCH3 is 1. The zero-order valence-electron chi connectivity index (χ0n) is 20.3. The minimum Gasteiger partial charge on any atom is -0.497 e. The van der Waals surface area contributed by atoms with E-state index in [4.69, 9.17) is 22.1 Å².